The number of hydrogen-bond acceptors (Lipinski definition) is 4. The Kier molecular flexibility index (Phi) is 8.22. The molecule has 3 rings (SSSR count). The van der Waals surface area contributed by atoms with Crippen LogP contribution in [-0.2, 0) is 0 Å². The van der Waals surface area contributed by atoms with Crippen LogP contribution in [0.4, 0.5) is 0 Å². The summed E-state index contributed by atoms with van der Waals surface area (Å²) in [6.07, 6.45) is 12.6. The second-order valence-corrected chi connectivity index (χ2v) is 12.6. The molecule has 0 amide bonds. The number of allylic oxidation sites excluding steroid dienone is 3. The van der Waals surface area contributed by atoms with Crippen LogP contribution in [0.5, 0.6) is 0 Å². The smallest absolute Gasteiger partial charge is 0.0811 e. The average Bonchev–Trinajstić information content (AvgIpc) is 3.03. The molecule has 0 aromatic rings. The molecule has 31 heavy (non-hydrogen) atoms. The molecule has 0 bridgehead atoms. The number of hydrogen-bond donors (Lipinski definition) is 3. The second-order valence-electron chi connectivity index (χ2n) is 11.2. The lowest BCUT2D eigenvalue weighted by Crippen LogP contribution is -2.37. The largest absolute Gasteiger partial charge is 0.393 e. The van der Waals surface area contributed by atoms with Crippen molar-refractivity contribution in [2.75, 3.05) is 5.75 Å². The molecule has 0 radical (unpaired) electrons. The van der Waals surface area contributed by atoms with Crippen LogP contribution in [0.1, 0.15) is 85.5 Å². The van der Waals surface area contributed by atoms with E-state index < -0.39 is 17.8 Å². The molecule has 0 spiro atoms. The molecule has 0 saturated heterocycles. The van der Waals surface area contributed by atoms with Gasteiger partial charge in [0, 0.05) is 11.7 Å². The Labute approximate surface area is 194 Å². The van der Waals surface area contributed by atoms with E-state index >= 15 is 0 Å². The minimum Gasteiger partial charge on any atom is -0.393 e. The summed E-state index contributed by atoms with van der Waals surface area (Å²) in [4.78, 5) is 0. The molecule has 3 saturated carbocycles. The summed E-state index contributed by atoms with van der Waals surface area (Å²) in [7, 11) is 0. The minimum atomic E-state index is -0.616. The van der Waals surface area contributed by atoms with Gasteiger partial charge in [-0.05, 0) is 99.4 Å². The van der Waals surface area contributed by atoms with E-state index in [1.807, 2.05) is 13.8 Å². The Hall–Kier alpha value is -0.550. The Morgan fingerprint density at radius 2 is 2.00 bits per heavy atom. The zero-order valence-electron chi connectivity index (χ0n) is 20.1. The summed E-state index contributed by atoms with van der Waals surface area (Å²) in [6, 6.07) is 0. The molecule has 0 heterocycles. The molecule has 3 aliphatic rings. The van der Waals surface area contributed by atoms with Crippen molar-refractivity contribution >= 4 is 11.8 Å². The number of aliphatic hydroxyl groups excluding tert-OH is 2. The van der Waals surface area contributed by atoms with Gasteiger partial charge in [0.15, 0.2) is 0 Å². The third-order valence-electron chi connectivity index (χ3n) is 8.18. The van der Waals surface area contributed by atoms with Crippen molar-refractivity contribution < 1.29 is 15.3 Å². The van der Waals surface area contributed by atoms with Crippen molar-refractivity contribution in [3.8, 4) is 0 Å². The maximum atomic E-state index is 10.1. The molecule has 3 fully saturated rings. The molecule has 0 aliphatic heterocycles. The van der Waals surface area contributed by atoms with E-state index in [9.17, 15) is 15.3 Å². The molecule has 0 unspecified atom stereocenters. The summed E-state index contributed by atoms with van der Waals surface area (Å²) in [5.41, 5.74) is 3.16. The second kappa shape index (κ2) is 10.2. The first-order valence-corrected chi connectivity index (χ1v) is 13.3. The lowest BCUT2D eigenvalue weighted by atomic mass is 9.63. The fourth-order valence-electron chi connectivity index (χ4n) is 6.41. The van der Waals surface area contributed by atoms with E-state index in [4.69, 9.17) is 0 Å². The molecular formula is C27H44O3S. The van der Waals surface area contributed by atoms with Crippen molar-refractivity contribution in [3.63, 3.8) is 0 Å². The summed E-state index contributed by atoms with van der Waals surface area (Å²) < 4.78 is 0. The normalized spacial score (nSPS) is 38.0. The Balaban J connectivity index is 1.66. The van der Waals surface area contributed by atoms with Crippen LogP contribution < -0.4 is 0 Å². The fraction of sp³-hybridized carbons (Fsp3) is 0.778. The van der Waals surface area contributed by atoms with Crippen LogP contribution in [0, 0.1) is 17.3 Å². The summed E-state index contributed by atoms with van der Waals surface area (Å²) in [5.74, 6) is 2.52. The molecule has 176 valence electrons. The van der Waals surface area contributed by atoms with Crippen LogP contribution in [-0.4, -0.2) is 44.1 Å². The highest BCUT2D eigenvalue weighted by Crippen LogP contribution is 2.59. The molecule has 3 N–H and O–H groups in total. The van der Waals surface area contributed by atoms with Crippen molar-refractivity contribution in [2.45, 2.75) is 109 Å². The third kappa shape index (κ3) is 6.07. The molecule has 0 aromatic carbocycles. The van der Waals surface area contributed by atoms with E-state index in [1.54, 1.807) is 5.57 Å². The maximum Gasteiger partial charge on any atom is 0.0811 e. The predicted molar refractivity (Wildman–Crippen MR) is 132 cm³/mol. The van der Waals surface area contributed by atoms with Gasteiger partial charge >= 0.3 is 0 Å². The van der Waals surface area contributed by atoms with Crippen molar-refractivity contribution in [2.24, 2.45) is 17.3 Å². The molecule has 3 aliphatic carbocycles. The summed E-state index contributed by atoms with van der Waals surface area (Å²) >= 11 is 2.10. The molecule has 6 atom stereocenters. The van der Waals surface area contributed by atoms with Crippen molar-refractivity contribution in [1.82, 2.24) is 0 Å². The Bertz CT molecular complexity index is 704. The molecular weight excluding hydrogens is 404 g/mol. The zero-order chi connectivity index (χ0) is 22.8. The number of fused-ring (bicyclic) bond motifs is 1. The standard InChI is InChI=1S/C27H44O3S/c1-18-21(16-22(28)17-25(18)29)10-9-20-8-6-14-27(5)23(11-12-24(20)27)19(2)31-15-7-13-26(3,4)30/h9-10,19,22-25,28-30H,1,6-8,11-17H2,2-5H3/b20-9+,21-10-/t19-,22-,23-,24+,25+,27-/m1/s1. The minimum absolute atomic E-state index is 0.369. The third-order valence-corrected chi connectivity index (χ3v) is 9.56. The van der Waals surface area contributed by atoms with Crippen LogP contribution in [0.2, 0.25) is 0 Å². The van der Waals surface area contributed by atoms with E-state index in [-0.39, 0.29) is 0 Å². The lowest BCUT2D eigenvalue weighted by Gasteiger charge is -2.44. The van der Waals surface area contributed by atoms with E-state index in [0.717, 1.165) is 35.7 Å². The van der Waals surface area contributed by atoms with Gasteiger partial charge in [0.05, 0.1) is 17.8 Å². The van der Waals surface area contributed by atoms with Gasteiger partial charge in [-0.15, -0.1) is 0 Å². The van der Waals surface area contributed by atoms with Crippen molar-refractivity contribution in [3.05, 3.63) is 35.5 Å². The molecule has 0 aromatic heterocycles. The highest BCUT2D eigenvalue weighted by molar-refractivity contribution is 7.99. The van der Waals surface area contributed by atoms with E-state index in [1.165, 1.54) is 32.1 Å². The van der Waals surface area contributed by atoms with E-state index in [0.29, 0.717) is 29.4 Å². The zero-order valence-corrected chi connectivity index (χ0v) is 20.9. The van der Waals surface area contributed by atoms with Crippen LogP contribution in [0.15, 0.2) is 35.5 Å². The SMILES string of the molecule is C=C1/C(=C\C=C2/CCC[C@]3(C)[C@@H]([C@@H](C)SCCCC(C)(C)O)CC[C@@H]23)C[C@@H](O)C[C@@H]1O. The van der Waals surface area contributed by atoms with Crippen LogP contribution in [0.3, 0.4) is 0 Å². The summed E-state index contributed by atoms with van der Waals surface area (Å²) in [6.45, 7) is 12.8. The van der Waals surface area contributed by atoms with Gasteiger partial charge < -0.3 is 15.3 Å². The van der Waals surface area contributed by atoms with Gasteiger partial charge in [0.1, 0.15) is 0 Å². The number of rotatable bonds is 7. The Morgan fingerprint density at radius 3 is 2.71 bits per heavy atom. The topological polar surface area (TPSA) is 60.7 Å². The number of thioether (sulfide) groups is 1. The number of aliphatic hydroxyl groups is 3. The molecule has 4 heteroatoms. The highest BCUT2D eigenvalue weighted by Gasteiger charge is 2.50. The average molecular weight is 449 g/mol. The van der Waals surface area contributed by atoms with Gasteiger partial charge in [-0.1, -0.05) is 38.2 Å². The maximum absolute atomic E-state index is 10.1. The first-order chi connectivity index (χ1) is 14.5. The predicted octanol–water partition coefficient (Wildman–Crippen LogP) is 5.80. The van der Waals surface area contributed by atoms with Crippen LogP contribution in [0.25, 0.3) is 0 Å². The van der Waals surface area contributed by atoms with Gasteiger partial charge in [-0.25, -0.2) is 0 Å². The van der Waals surface area contributed by atoms with Gasteiger partial charge in [0.2, 0.25) is 0 Å². The molecule has 3 nitrogen and oxygen atoms in total. The fourth-order valence-corrected chi connectivity index (χ4v) is 7.77. The van der Waals surface area contributed by atoms with Crippen LogP contribution >= 0.6 is 11.8 Å². The lowest BCUT2D eigenvalue weighted by molar-refractivity contribution is 0.0705. The quantitative estimate of drug-likeness (QED) is 0.431. The van der Waals surface area contributed by atoms with Crippen molar-refractivity contribution in [1.29, 1.82) is 0 Å². The van der Waals surface area contributed by atoms with Gasteiger partial charge in [-0.2, -0.15) is 11.8 Å². The first kappa shape index (κ1) is 25.1. The van der Waals surface area contributed by atoms with Gasteiger partial charge in [-0.3, -0.25) is 0 Å². The monoisotopic (exact) mass is 448 g/mol. The Morgan fingerprint density at radius 1 is 1.26 bits per heavy atom. The highest BCUT2D eigenvalue weighted by atomic mass is 32.2. The summed E-state index contributed by atoms with van der Waals surface area (Å²) in [5, 5.41) is 30.8. The van der Waals surface area contributed by atoms with E-state index in [2.05, 4.69) is 44.3 Å². The first-order valence-electron chi connectivity index (χ1n) is 12.3. The van der Waals surface area contributed by atoms with Gasteiger partial charge in [0.25, 0.3) is 0 Å².